The molecular formula is C42H27NO. The molecule has 2 heterocycles. The Morgan fingerprint density at radius 1 is 0.318 bits per heavy atom. The molecule has 9 aromatic rings. The average molecular weight is 562 g/mol. The molecule has 9 rings (SSSR count). The van der Waals surface area contributed by atoms with Crippen molar-refractivity contribution < 1.29 is 4.42 Å². The van der Waals surface area contributed by atoms with Gasteiger partial charge in [0.25, 0.3) is 0 Å². The number of fused-ring (bicyclic) bond motifs is 6. The number of aromatic nitrogens is 1. The zero-order chi connectivity index (χ0) is 29.0. The van der Waals surface area contributed by atoms with E-state index in [-0.39, 0.29) is 0 Å². The monoisotopic (exact) mass is 561 g/mol. The third kappa shape index (κ3) is 3.96. The Morgan fingerprint density at radius 2 is 0.795 bits per heavy atom. The molecule has 2 aromatic heterocycles. The van der Waals surface area contributed by atoms with E-state index in [2.05, 4.69) is 168 Å². The van der Waals surface area contributed by atoms with Crippen molar-refractivity contribution in [2.45, 2.75) is 0 Å². The molecule has 0 saturated heterocycles. The van der Waals surface area contributed by atoms with Crippen LogP contribution in [0.15, 0.2) is 168 Å². The number of benzene rings is 7. The SMILES string of the molecule is c1ccc(-c2cccc(-c3ccc(-c4ccc5oc6ccc(-n7c8ccccc8c8ccccc87)cc6c5c4)cc3)c2)cc1. The molecule has 0 aliphatic carbocycles. The van der Waals surface area contributed by atoms with Crippen LogP contribution in [0.4, 0.5) is 0 Å². The third-order valence-electron chi connectivity index (χ3n) is 8.81. The van der Waals surface area contributed by atoms with E-state index < -0.39 is 0 Å². The first-order valence-corrected chi connectivity index (χ1v) is 15.0. The molecule has 2 nitrogen and oxygen atoms in total. The third-order valence-corrected chi connectivity index (χ3v) is 8.81. The number of nitrogens with zero attached hydrogens (tertiary/aromatic N) is 1. The number of para-hydroxylation sites is 2. The molecule has 0 spiro atoms. The van der Waals surface area contributed by atoms with Gasteiger partial charge in [0.2, 0.25) is 0 Å². The fourth-order valence-corrected chi connectivity index (χ4v) is 6.65. The minimum atomic E-state index is 0.898. The van der Waals surface area contributed by atoms with Gasteiger partial charge in [-0.1, -0.05) is 115 Å². The van der Waals surface area contributed by atoms with Crippen LogP contribution in [0.1, 0.15) is 0 Å². The van der Waals surface area contributed by atoms with Crippen molar-refractivity contribution in [2.24, 2.45) is 0 Å². The fraction of sp³-hybridized carbons (Fsp3) is 0. The van der Waals surface area contributed by atoms with Crippen LogP contribution in [0.2, 0.25) is 0 Å². The first-order valence-electron chi connectivity index (χ1n) is 15.0. The minimum absolute atomic E-state index is 0.898. The van der Waals surface area contributed by atoms with Crippen LogP contribution in [0.25, 0.3) is 82.8 Å². The van der Waals surface area contributed by atoms with E-state index >= 15 is 0 Å². The summed E-state index contributed by atoms with van der Waals surface area (Å²) in [5.74, 6) is 0. The highest BCUT2D eigenvalue weighted by Crippen LogP contribution is 2.37. The maximum atomic E-state index is 6.31. The minimum Gasteiger partial charge on any atom is -0.456 e. The molecule has 0 unspecified atom stereocenters. The Labute approximate surface area is 255 Å². The number of hydrogen-bond acceptors (Lipinski definition) is 1. The summed E-state index contributed by atoms with van der Waals surface area (Å²) in [6, 6.07) is 58.5. The number of hydrogen-bond donors (Lipinski definition) is 0. The zero-order valence-corrected chi connectivity index (χ0v) is 23.9. The summed E-state index contributed by atoms with van der Waals surface area (Å²) < 4.78 is 8.67. The molecule has 44 heavy (non-hydrogen) atoms. The van der Waals surface area contributed by atoms with Crippen molar-refractivity contribution in [3.8, 4) is 39.1 Å². The Bertz CT molecular complexity index is 2430. The lowest BCUT2D eigenvalue weighted by atomic mass is 9.96. The summed E-state index contributed by atoms with van der Waals surface area (Å²) in [5, 5.41) is 4.77. The van der Waals surface area contributed by atoms with E-state index in [1.54, 1.807) is 0 Å². The Morgan fingerprint density at radius 3 is 1.45 bits per heavy atom. The zero-order valence-electron chi connectivity index (χ0n) is 23.9. The van der Waals surface area contributed by atoms with Gasteiger partial charge in [-0.15, -0.1) is 0 Å². The predicted octanol–water partition coefficient (Wildman–Crippen LogP) is 11.7. The van der Waals surface area contributed by atoms with Gasteiger partial charge in [-0.05, 0) is 81.9 Å². The molecule has 0 atom stereocenters. The summed E-state index contributed by atoms with van der Waals surface area (Å²) in [5.41, 5.74) is 12.6. The second-order valence-corrected chi connectivity index (χ2v) is 11.4. The Balaban J connectivity index is 1.12. The van der Waals surface area contributed by atoms with Crippen LogP contribution in [0.3, 0.4) is 0 Å². The molecule has 0 fully saturated rings. The Kier molecular flexibility index (Phi) is 5.54. The van der Waals surface area contributed by atoms with Crippen molar-refractivity contribution >= 4 is 43.7 Å². The average Bonchev–Trinajstić information content (AvgIpc) is 3.64. The van der Waals surface area contributed by atoms with Crippen LogP contribution in [0.5, 0.6) is 0 Å². The quantitative estimate of drug-likeness (QED) is 0.209. The van der Waals surface area contributed by atoms with Gasteiger partial charge in [0, 0.05) is 27.2 Å². The molecule has 0 bridgehead atoms. The van der Waals surface area contributed by atoms with Crippen LogP contribution < -0.4 is 0 Å². The van der Waals surface area contributed by atoms with Crippen molar-refractivity contribution in [1.29, 1.82) is 0 Å². The highest BCUT2D eigenvalue weighted by molar-refractivity contribution is 6.11. The summed E-state index contributed by atoms with van der Waals surface area (Å²) in [7, 11) is 0. The summed E-state index contributed by atoms with van der Waals surface area (Å²) >= 11 is 0. The molecule has 0 N–H and O–H groups in total. The lowest BCUT2D eigenvalue weighted by Crippen LogP contribution is -1.93. The lowest BCUT2D eigenvalue weighted by molar-refractivity contribution is 0.669. The van der Waals surface area contributed by atoms with Crippen LogP contribution in [-0.2, 0) is 0 Å². The van der Waals surface area contributed by atoms with E-state index in [0.29, 0.717) is 0 Å². The van der Waals surface area contributed by atoms with Gasteiger partial charge in [-0.3, -0.25) is 0 Å². The molecule has 0 saturated carbocycles. The molecule has 206 valence electrons. The van der Waals surface area contributed by atoms with Gasteiger partial charge in [-0.2, -0.15) is 0 Å². The summed E-state index contributed by atoms with van der Waals surface area (Å²) in [4.78, 5) is 0. The topological polar surface area (TPSA) is 18.1 Å². The number of furan rings is 1. The second kappa shape index (κ2) is 9.86. The van der Waals surface area contributed by atoms with Crippen molar-refractivity contribution in [3.05, 3.63) is 164 Å². The molecule has 2 heteroatoms. The highest BCUT2D eigenvalue weighted by atomic mass is 16.3. The predicted molar refractivity (Wildman–Crippen MR) is 184 cm³/mol. The van der Waals surface area contributed by atoms with E-state index in [1.807, 2.05) is 0 Å². The molecule has 0 radical (unpaired) electrons. The van der Waals surface area contributed by atoms with Crippen molar-refractivity contribution in [2.75, 3.05) is 0 Å². The second-order valence-electron chi connectivity index (χ2n) is 11.4. The largest absolute Gasteiger partial charge is 0.456 e. The van der Waals surface area contributed by atoms with E-state index in [1.165, 1.54) is 55.2 Å². The van der Waals surface area contributed by atoms with E-state index in [4.69, 9.17) is 4.42 Å². The van der Waals surface area contributed by atoms with Gasteiger partial charge in [0.15, 0.2) is 0 Å². The first kappa shape index (κ1) is 24.7. The Hall–Kier alpha value is -5.86. The smallest absolute Gasteiger partial charge is 0.135 e. The van der Waals surface area contributed by atoms with Gasteiger partial charge >= 0.3 is 0 Å². The highest BCUT2D eigenvalue weighted by Gasteiger charge is 2.14. The van der Waals surface area contributed by atoms with Crippen molar-refractivity contribution in [3.63, 3.8) is 0 Å². The molecule has 0 amide bonds. The van der Waals surface area contributed by atoms with Crippen LogP contribution >= 0.6 is 0 Å². The number of rotatable bonds is 4. The van der Waals surface area contributed by atoms with Gasteiger partial charge in [0.05, 0.1) is 11.0 Å². The molecule has 0 aliphatic heterocycles. The standard InChI is InChI=1S/C42H27NO/c1-2-9-28(10-3-1)31-11-8-12-32(25-31)29-17-19-30(20-18-29)33-21-23-41-37(26-33)38-27-34(22-24-42(38)44-41)43-39-15-6-4-13-35(39)36-14-5-7-16-40(36)43/h1-27H. The van der Waals surface area contributed by atoms with Crippen LogP contribution in [0, 0.1) is 0 Å². The first-order chi connectivity index (χ1) is 21.8. The van der Waals surface area contributed by atoms with Crippen LogP contribution in [-0.4, -0.2) is 4.57 Å². The normalized spacial score (nSPS) is 11.6. The van der Waals surface area contributed by atoms with Gasteiger partial charge < -0.3 is 8.98 Å². The molecule has 7 aromatic carbocycles. The van der Waals surface area contributed by atoms with Gasteiger partial charge in [0.1, 0.15) is 11.2 Å². The maximum absolute atomic E-state index is 6.31. The summed E-state index contributed by atoms with van der Waals surface area (Å²) in [6.07, 6.45) is 0. The molecular weight excluding hydrogens is 534 g/mol. The maximum Gasteiger partial charge on any atom is 0.135 e. The van der Waals surface area contributed by atoms with Gasteiger partial charge in [-0.25, -0.2) is 0 Å². The van der Waals surface area contributed by atoms with Crippen molar-refractivity contribution in [1.82, 2.24) is 4.57 Å². The summed E-state index contributed by atoms with van der Waals surface area (Å²) in [6.45, 7) is 0. The van der Waals surface area contributed by atoms with E-state index in [0.717, 1.165) is 27.6 Å². The van der Waals surface area contributed by atoms with E-state index in [9.17, 15) is 0 Å². The molecule has 0 aliphatic rings. The lowest BCUT2D eigenvalue weighted by Gasteiger charge is -2.08. The fourth-order valence-electron chi connectivity index (χ4n) is 6.65.